The highest BCUT2D eigenvalue weighted by Crippen LogP contribution is 2.47. The molecule has 0 aliphatic heterocycles. The number of fused-ring (bicyclic) bond motifs is 1. The average molecular weight is 246 g/mol. The van der Waals surface area contributed by atoms with Crippen molar-refractivity contribution in [3.05, 3.63) is 35.6 Å². The molecule has 2 aliphatic rings. The first-order chi connectivity index (χ1) is 8.65. The maximum Gasteiger partial charge on any atom is 0.137 e. The van der Waals surface area contributed by atoms with Gasteiger partial charge in [-0.2, -0.15) is 0 Å². The molecule has 0 amide bonds. The van der Waals surface area contributed by atoms with E-state index in [9.17, 15) is 14.0 Å². The predicted molar refractivity (Wildman–Crippen MR) is 64.6 cm³/mol. The first-order valence-corrected chi connectivity index (χ1v) is 6.45. The van der Waals surface area contributed by atoms with Gasteiger partial charge in [0.05, 0.1) is 0 Å². The Hall–Kier alpha value is -1.51. The van der Waals surface area contributed by atoms with E-state index in [1.807, 2.05) is 0 Å². The van der Waals surface area contributed by atoms with Crippen molar-refractivity contribution in [2.24, 2.45) is 11.8 Å². The Kier molecular flexibility index (Phi) is 2.77. The summed E-state index contributed by atoms with van der Waals surface area (Å²) in [5.74, 6) is 0.545. The van der Waals surface area contributed by atoms with Crippen LogP contribution in [0.5, 0.6) is 0 Å². The van der Waals surface area contributed by atoms with E-state index in [-0.39, 0.29) is 35.1 Å². The van der Waals surface area contributed by atoms with E-state index < -0.39 is 0 Å². The second-order valence-corrected chi connectivity index (χ2v) is 5.38. The largest absolute Gasteiger partial charge is 0.300 e. The Bertz CT molecular complexity index is 492. The van der Waals surface area contributed by atoms with Gasteiger partial charge in [0, 0.05) is 25.2 Å². The SMILES string of the molecule is O=C1CC[C@@H]2[C@H](C1)C(=O)C[C@@H]2c1ccc(F)cc1. The molecule has 0 unspecified atom stereocenters. The van der Waals surface area contributed by atoms with E-state index in [4.69, 9.17) is 0 Å². The minimum atomic E-state index is -0.251. The number of halogens is 1. The lowest BCUT2D eigenvalue weighted by atomic mass is 9.75. The molecule has 0 heterocycles. The van der Waals surface area contributed by atoms with Gasteiger partial charge in [0.15, 0.2) is 0 Å². The lowest BCUT2D eigenvalue weighted by molar-refractivity contribution is -0.129. The van der Waals surface area contributed by atoms with Crippen LogP contribution in [-0.4, -0.2) is 11.6 Å². The average Bonchev–Trinajstić information content (AvgIpc) is 2.68. The van der Waals surface area contributed by atoms with Crippen molar-refractivity contribution in [3.8, 4) is 0 Å². The van der Waals surface area contributed by atoms with Crippen molar-refractivity contribution in [2.45, 2.75) is 31.6 Å². The molecule has 1 aromatic rings. The highest BCUT2D eigenvalue weighted by molar-refractivity contribution is 5.91. The summed E-state index contributed by atoms with van der Waals surface area (Å²) in [5, 5.41) is 0. The van der Waals surface area contributed by atoms with Crippen LogP contribution < -0.4 is 0 Å². The van der Waals surface area contributed by atoms with Crippen LogP contribution in [0, 0.1) is 17.7 Å². The fourth-order valence-electron chi connectivity index (χ4n) is 3.46. The van der Waals surface area contributed by atoms with Crippen LogP contribution in [0.25, 0.3) is 0 Å². The molecule has 3 rings (SSSR count). The fourth-order valence-corrected chi connectivity index (χ4v) is 3.46. The van der Waals surface area contributed by atoms with Crippen LogP contribution in [0.4, 0.5) is 4.39 Å². The molecule has 0 aromatic heterocycles. The van der Waals surface area contributed by atoms with Crippen LogP contribution in [-0.2, 0) is 9.59 Å². The molecule has 0 bridgehead atoms. The standard InChI is InChI=1S/C15H15FO2/c16-10-3-1-9(2-4-10)13-8-15(18)14-7-11(17)5-6-12(13)14/h1-4,12-14H,5-8H2/t12-,13+,14-/m0/s1. The summed E-state index contributed by atoms with van der Waals surface area (Å²) in [4.78, 5) is 23.4. The maximum absolute atomic E-state index is 12.9. The lowest BCUT2D eigenvalue weighted by Crippen LogP contribution is -2.26. The number of Topliss-reactive ketones (excluding diaryl/α,β-unsaturated/α-hetero) is 2. The van der Waals surface area contributed by atoms with E-state index in [0.717, 1.165) is 12.0 Å². The number of benzene rings is 1. The minimum absolute atomic E-state index is 0.0821. The normalized spacial score (nSPS) is 31.5. The summed E-state index contributed by atoms with van der Waals surface area (Å²) < 4.78 is 12.9. The third-order valence-corrected chi connectivity index (χ3v) is 4.37. The van der Waals surface area contributed by atoms with Gasteiger partial charge in [-0.1, -0.05) is 12.1 Å². The molecule has 2 aliphatic carbocycles. The molecule has 0 radical (unpaired) electrons. The molecule has 0 N–H and O–H groups in total. The number of carbonyl (C=O) groups is 2. The molecule has 0 spiro atoms. The van der Waals surface area contributed by atoms with Gasteiger partial charge in [-0.15, -0.1) is 0 Å². The molecule has 2 nitrogen and oxygen atoms in total. The summed E-state index contributed by atoms with van der Waals surface area (Å²) in [7, 11) is 0. The van der Waals surface area contributed by atoms with Crippen molar-refractivity contribution in [3.63, 3.8) is 0 Å². The number of hydrogen-bond donors (Lipinski definition) is 0. The number of rotatable bonds is 1. The number of hydrogen-bond acceptors (Lipinski definition) is 2. The van der Waals surface area contributed by atoms with Gasteiger partial charge in [0.1, 0.15) is 17.4 Å². The van der Waals surface area contributed by atoms with Crippen LogP contribution >= 0.6 is 0 Å². The molecular formula is C15H15FO2. The van der Waals surface area contributed by atoms with E-state index in [2.05, 4.69) is 0 Å². The van der Waals surface area contributed by atoms with Crippen LogP contribution in [0.1, 0.15) is 37.2 Å². The van der Waals surface area contributed by atoms with Crippen molar-refractivity contribution in [1.82, 2.24) is 0 Å². The molecule has 1 aromatic carbocycles. The van der Waals surface area contributed by atoms with Crippen molar-refractivity contribution in [2.75, 3.05) is 0 Å². The third kappa shape index (κ3) is 1.88. The smallest absolute Gasteiger partial charge is 0.137 e. The summed E-state index contributed by atoms with van der Waals surface area (Å²) >= 11 is 0. The maximum atomic E-state index is 12.9. The first-order valence-electron chi connectivity index (χ1n) is 6.45. The topological polar surface area (TPSA) is 34.1 Å². The van der Waals surface area contributed by atoms with Gasteiger partial charge in [-0.25, -0.2) is 4.39 Å². The van der Waals surface area contributed by atoms with Gasteiger partial charge in [0.2, 0.25) is 0 Å². The van der Waals surface area contributed by atoms with E-state index in [1.54, 1.807) is 12.1 Å². The highest BCUT2D eigenvalue weighted by atomic mass is 19.1. The zero-order valence-corrected chi connectivity index (χ0v) is 10.1. The van der Waals surface area contributed by atoms with Gasteiger partial charge in [-0.3, -0.25) is 9.59 Å². The van der Waals surface area contributed by atoms with E-state index in [1.165, 1.54) is 12.1 Å². The molecule has 94 valence electrons. The predicted octanol–water partition coefficient (Wildman–Crippen LogP) is 2.87. The van der Waals surface area contributed by atoms with E-state index >= 15 is 0 Å². The Morgan fingerprint density at radius 1 is 1.00 bits per heavy atom. The van der Waals surface area contributed by atoms with Crippen LogP contribution in [0.2, 0.25) is 0 Å². The Balaban J connectivity index is 1.88. The fraction of sp³-hybridized carbons (Fsp3) is 0.467. The monoisotopic (exact) mass is 246 g/mol. The van der Waals surface area contributed by atoms with Crippen molar-refractivity contribution in [1.29, 1.82) is 0 Å². The van der Waals surface area contributed by atoms with Crippen LogP contribution in [0.3, 0.4) is 0 Å². The second-order valence-electron chi connectivity index (χ2n) is 5.38. The van der Waals surface area contributed by atoms with E-state index in [0.29, 0.717) is 19.3 Å². The molecule has 3 heteroatoms. The highest BCUT2D eigenvalue weighted by Gasteiger charge is 2.45. The second kappa shape index (κ2) is 4.30. The number of carbonyl (C=O) groups excluding carboxylic acids is 2. The van der Waals surface area contributed by atoms with Gasteiger partial charge < -0.3 is 0 Å². The van der Waals surface area contributed by atoms with Crippen LogP contribution in [0.15, 0.2) is 24.3 Å². The zero-order valence-electron chi connectivity index (χ0n) is 10.1. The van der Waals surface area contributed by atoms with Gasteiger partial charge in [-0.05, 0) is 36.0 Å². The summed E-state index contributed by atoms with van der Waals surface area (Å²) in [5.41, 5.74) is 1.03. The number of ketones is 2. The zero-order chi connectivity index (χ0) is 12.7. The first kappa shape index (κ1) is 11.6. The van der Waals surface area contributed by atoms with Crippen molar-refractivity contribution < 1.29 is 14.0 Å². The quantitative estimate of drug-likeness (QED) is 0.763. The van der Waals surface area contributed by atoms with Crippen molar-refractivity contribution >= 4 is 11.6 Å². The third-order valence-electron chi connectivity index (χ3n) is 4.37. The molecule has 18 heavy (non-hydrogen) atoms. The molecule has 3 atom stereocenters. The lowest BCUT2D eigenvalue weighted by Gasteiger charge is -2.27. The van der Waals surface area contributed by atoms with Gasteiger partial charge in [0.25, 0.3) is 0 Å². The van der Waals surface area contributed by atoms with Gasteiger partial charge >= 0.3 is 0 Å². The Morgan fingerprint density at radius 2 is 1.72 bits per heavy atom. The summed E-state index contributed by atoms with van der Waals surface area (Å²) in [6.07, 6.45) is 2.32. The molecule has 2 saturated carbocycles. The molecular weight excluding hydrogens is 231 g/mol. The summed E-state index contributed by atoms with van der Waals surface area (Å²) in [6.45, 7) is 0. The molecule has 0 saturated heterocycles. The Morgan fingerprint density at radius 3 is 2.44 bits per heavy atom. The molecule has 2 fully saturated rings. The Labute approximate surface area is 105 Å². The minimum Gasteiger partial charge on any atom is -0.300 e. The summed E-state index contributed by atoms with van der Waals surface area (Å²) in [6, 6.07) is 6.43.